The Morgan fingerprint density at radius 2 is 2.09 bits per heavy atom. The average Bonchev–Trinajstić information content (AvgIpc) is 2.99. The van der Waals surface area contributed by atoms with Gasteiger partial charge in [-0.25, -0.2) is 4.99 Å². The average molecular weight is 503 g/mol. The van der Waals surface area contributed by atoms with Crippen molar-refractivity contribution in [1.82, 2.24) is 4.57 Å². The molecule has 0 amide bonds. The highest BCUT2D eigenvalue weighted by molar-refractivity contribution is 7.07. The van der Waals surface area contributed by atoms with Crippen molar-refractivity contribution in [2.24, 2.45) is 10.9 Å². The normalized spacial score (nSPS) is 28.7. The van der Waals surface area contributed by atoms with Crippen LogP contribution in [0.1, 0.15) is 24.1 Å². The Bertz CT molecular complexity index is 1560. The number of rotatable bonds is 2. The van der Waals surface area contributed by atoms with Crippen molar-refractivity contribution in [3.05, 3.63) is 77.3 Å². The van der Waals surface area contributed by atoms with Gasteiger partial charge in [-0.3, -0.25) is 14.2 Å². The number of phenolic OH excluding ortho intramolecular Hbond substituents is 1. The fourth-order valence-corrected chi connectivity index (χ4v) is 6.90. The van der Waals surface area contributed by atoms with Gasteiger partial charge in [-0.05, 0) is 31.2 Å². The van der Waals surface area contributed by atoms with Gasteiger partial charge in [0.15, 0.2) is 10.4 Å². The summed E-state index contributed by atoms with van der Waals surface area (Å²) in [6, 6.07) is 9.85. The van der Waals surface area contributed by atoms with E-state index in [-0.39, 0.29) is 16.3 Å². The third kappa shape index (κ3) is 2.48. The van der Waals surface area contributed by atoms with Gasteiger partial charge in [-0.15, -0.1) is 0 Å². The van der Waals surface area contributed by atoms with Crippen LogP contribution in [0, 0.1) is 5.92 Å². The van der Waals surface area contributed by atoms with Gasteiger partial charge in [0.2, 0.25) is 0 Å². The number of fused-ring (bicyclic) bond motifs is 4. The molecule has 1 fully saturated rings. The summed E-state index contributed by atoms with van der Waals surface area (Å²) < 4.78 is 13.3. The van der Waals surface area contributed by atoms with Gasteiger partial charge in [0.25, 0.3) is 5.56 Å². The Hall–Kier alpha value is -2.81. The molecule has 0 saturated heterocycles. The molecule has 1 spiro atoms. The lowest BCUT2D eigenvalue weighted by atomic mass is 9.97. The summed E-state index contributed by atoms with van der Waals surface area (Å²) in [7, 11) is 1.33. The summed E-state index contributed by atoms with van der Waals surface area (Å²) in [6.07, 6.45) is 1.54. The van der Waals surface area contributed by atoms with Gasteiger partial charge in [0.05, 0.1) is 16.7 Å². The van der Waals surface area contributed by atoms with Crippen molar-refractivity contribution in [3.8, 4) is 11.5 Å². The number of ether oxygens (including phenoxy) is 2. The first kappa shape index (κ1) is 20.8. The first-order valence-electron chi connectivity index (χ1n) is 10.1. The van der Waals surface area contributed by atoms with Gasteiger partial charge in [-0.1, -0.05) is 52.7 Å². The number of aromatic nitrogens is 1. The number of para-hydroxylation sites is 1. The molecule has 1 saturated carbocycles. The molecular formula is C23H16Cl2N2O5S. The molecule has 3 heterocycles. The van der Waals surface area contributed by atoms with Crippen molar-refractivity contribution >= 4 is 46.6 Å². The molecule has 1 aromatic heterocycles. The van der Waals surface area contributed by atoms with E-state index in [2.05, 4.69) is 0 Å². The van der Waals surface area contributed by atoms with E-state index in [0.29, 0.717) is 25.7 Å². The van der Waals surface area contributed by atoms with E-state index in [1.54, 1.807) is 10.6 Å². The molecule has 4 atom stereocenters. The zero-order valence-corrected chi connectivity index (χ0v) is 19.7. The maximum Gasteiger partial charge on any atom is 0.315 e. The van der Waals surface area contributed by atoms with Crippen LogP contribution in [0.3, 0.4) is 0 Å². The molecule has 3 aromatic rings. The minimum atomic E-state index is -1.04. The van der Waals surface area contributed by atoms with Crippen LogP contribution in [0.25, 0.3) is 6.08 Å². The summed E-state index contributed by atoms with van der Waals surface area (Å²) in [4.78, 5) is 31.6. The third-order valence-electron chi connectivity index (χ3n) is 6.80. The monoisotopic (exact) mass is 502 g/mol. The van der Waals surface area contributed by atoms with E-state index in [1.165, 1.54) is 30.6 Å². The zero-order chi connectivity index (χ0) is 23.3. The highest BCUT2D eigenvalue weighted by atomic mass is 35.5. The van der Waals surface area contributed by atoms with E-state index < -0.39 is 29.1 Å². The van der Waals surface area contributed by atoms with Gasteiger partial charge < -0.3 is 14.6 Å². The predicted molar refractivity (Wildman–Crippen MR) is 123 cm³/mol. The summed E-state index contributed by atoms with van der Waals surface area (Å²) in [5, 5.41) is 10.8. The largest absolute Gasteiger partial charge is 0.506 e. The number of thiazole rings is 1. The number of carbonyl (C=O) groups is 1. The highest BCUT2D eigenvalue weighted by Gasteiger charge is 2.88. The second kappa shape index (κ2) is 6.62. The molecule has 1 aliphatic carbocycles. The van der Waals surface area contributed by atoms with E-state index in [1.807, 2.05) is 31.2 Å². The Labute approximate surface area is 201 Å². The molecule has 168 valence electrons. The minimum Gasteiger partial charge on any atom is -0.506 e. The standard InChI is InChI=1S/C23H16Cl2N2O5S/c1-22-17(20(30)31-2)23(22)18(12-5-3-4-6-14(12)32-23)27-19(29)15(33-21(27)26-22)8-10-7-11(24)9-13(25)16(10)28/h3-9,17-18,28H,1-2H3/b15-8-/t17-,18-,22+,23-/m1/s1. The van der Waals surface area contributed by atoms with E-state index in [4.69, 9.17) is 37.7 Å². The van der Waals surface area contributed by atoms with Crippen molar-refractivity contribution in [2.45, 2.75) is 24.1 Å². The van der Waals surface area contributed by atoms with Crippen LogP contribution in [0.2, 0.25) is 10.0 Å². The van der Waals surface area contributed by atoms with Gasteiger partial charge >= 0.3 is 5.97 Å². The lowest BCUT2D eigenvalue weighted by molar-refractivity contribution is -0.144. The molecule has 6 rings (SSSR count). The second-order valence-electron chi connectivity index (χ2n) is 8.44. The smallest absolute Gasteiger partial charge is 0.315 e. The molecule has 0 radical (unpaired) electrons. The SMILES string of the molecule is COC(=O)[C@H]1[C@@]23Oc4ccccc4[C@H]2n2c(s/c(=C\c4cc(Cl)cc(Cl)c4O)c2=O)=N[C@@]13C. The number of hydrogen-bond acceptors (Lipinski definition) is 7. The molecule has 0 bridgehead atoms. The molecule has 2 aliphatic heterocycles. The van der Waals surface area contributed by atoms with Gasteiger partial charge in [-0.2, -0.15) is 0 Å². The number of esters is 1. The van der Waals surface area contributed by atoms with Gasteiger partial charge in [0, 0.05) is 16.1 Å². The van der Waals surface area contributed by atoms with Crippen LogP contribution in [0.5, 0.6) is 11.5 Å². The van der Waals surface area contributed by atoms with Crippen LogP contribution in [-0.4, -0.2) is 33.9 Å². The number of carbonyl (C=O) groups excluding carboxylic acids is 1. The Morgan fingerprint density at radius 1 is 1.33 bits per heavy atom. The molecule has 0 unspecified atom stereocenters. The first-order chi connectivity index (χ1) is 15.7. The Balaban J connectivity index is 1.63. The van der Waals surface area contributed by atoms with Gasteiger partial charge in [0.1, 0.15) is 29.0 Å². The van der Waals surface area contributed by atoms with Crippen LogP contribution >= 0.6 is 34.5 Å². The molecule has 2 aromatic carbocycles. The lowest BCUT2D eigenvalue weighted by Gasteiger charge is -2.26. The molecule has 33 heavy (non-hydrogen) atoms. The fourth-order valence-electron chi connectivity index (χ4n) is 5.30. The van der Waals surface area contributed by atoms with Crippen LogP contribution in [-0.2, 0) is 9.53 Å². The van der Waals surface area contributed by atoms with Crippen molar-refractivity contribution in [3.63, 3.8) is 0 Å². The zero-order valence-electron chi connectivity index (χ0n) is 17.3. The number of phenols is 1. The maximum absolute atomic E-state index is 13.6. The lowest BCUT2D eigenvalue weighted by Crippen LogP contribution is -2.47. The predicted octanol–water partition coefficient (Wildman–Crippen LogP) is 2.67. The number of aromatic hydroxyl groups is 1. The number of hydrogen-bond donors (Lipinski definition) is 1. The second-order valence-corrected chi connectivity index (χ2v) is 10.3. The van der Waals surface area contributed by atoms with E-state index in [0.717, 1.165) is 5.56 Å². The molecule has 7 nitrogen and oxygen atoms in total. The summed E-state index contributed by atoms with van der Waals surface area (Å²) in [5.41, 5.74) is -1.10. The van der Waals surface area contributed by atoms with E-state index in [9.17, 15) is 14.7 Å². The van der Waals surface area contributed by atoms with E-state index >= 15 is 0 Å². The Morgan fingerprint density at radius 3 is 2.85 bits per heavy atom. The molecular weight excluding hydrogens is 487 g/mol. The molecule has 3 aliphatic rings. The minimum absolute atomic E-state index is 0.0895. The highest BCUT2D eigenvalue weighted by Crippen LogP contribution is 2.70. The topological polar surface area (TPSA) is 90.1 Å². The quantitative estimate of drug-likeness (QED) is 0.544. The number of halogens is 2. The summed E-state index contributed by atoms with van der Waals surface area (Å²) >= 11 is 13.3. The van der Waals surface area contributed by atoms with Crippen molar-refractivity contribution in [2.75, 3.05) is 7.11 Å². The molecule has 1 N–H and O–H groups in total. The summed E-state index contributed by atoms with van der Waals surface area (Å²) in [5.74, 6) is -0.624. The van der Waals surface area contributed by atoms with Crippen molar-refractivity contribution in [1.29, 1.82) is 0 Å². The fraction of sp³-hybridized carbons (Fsp3) is 0.261. The number of methoxy groups -OCH3 is 1. The third-order valence-corrected chi connectivity index (χ3v) is 8.29. The van der Waals surface area contributed by atoms with Crippen molar-refractivity contribution < 1.29 is 19.4 Å². The number of nitrogens with zero attached hydrogens (tertiary/aromatic N) is 2. The van der Waals surface area contributed by atoms with Crippen LogP contribution < -0.4 is 19.6 Å². The number of benzene rings is 2. The summed E-state index contributed by atoms with van der Waals surface area (Å²) in [6.45, 7) is 1.85. The van der Waals surface area contributed by atoms with Crippen LogP contribution in [0.4, 0.5) is 0 Å². The Kier molecular flexibility index (Phi) is 4.17. The van der Waals surface area contributed by atoms with Crippen LogP contribution in [0.15, 0.2) is 46.2 Å². The first-order valence-corrected chi connectivity index (χ1v) is 11.7. The molecule has 10 heteroatoms. The maximum atomic E-state index is 13.6.